The van der Waals surface area contributed by atoms with Crippen molar-refractivity contribution in [3.05, 3.63) is 21.9 Å². The third-order valence-electron chi connectivity index (χ3n) is 5.21. The molecule has 3 nitrogen and oxygen atoms in total. The summed E-state index contributed by atoms with van der Waals surface area (Å²) in [5, 5.41) is 5.45. The van der Waals surface area contributed by atoms with Gasteiger partial charge in [-0.05, 0) is 49.1 Å². The fraction of sp³-hybridized carbons (Fsp3) is 0.706. The highest BCUT2D eigenvalue weighted by Crippen LogP contribution is 2.32. The molecule has 3 atom stereocenters. The molecular formula is C17H26N2OS. The Morgan fingerprint density at radius 2 is 2.19 bits per heavy atom. The Balaban J connectivity index is 1.56. The number of rotatable bonds is 3. The van der Waals surface area contributed by atoms with Crippen LogP contribution in [0.4, 0.5) is 0 Å². The van der Waals surface area contributed by atoms with E-state index < -0.39 is 0 Å². The summed E-state index contributed by atoms with van der Waals surface area (Å²) in [6.07, 6.45) is 6.07. The third kappa shape index (κ3) is 3.32. The van der Waals surface area contributed by atoms with Crippen molar-refractivity contribution in [2.24, 2.45) is 5.92 Å². The first-order valence-electron chi connectivity index (χ1n) is 8.25. The molecule has 1 aliphatic heterocycles. The van der Waals surface area contributed by atoms with Crippen molar-refractivity contribution >= 4 is 17.2 Å². The third-order valence-corrected chi connectivity index (χ3v) is 6.20. The average molecular weight is 306 g/mol. The summed E-state index contributed by atoms with van der Waals surface area (Å²) in [7, 11) is 0. The molecule has 1 aromatic heterocycles. The van der Waals surface area contributed by atoms with Crippen molar-refractivity contribution in [3.8, 4) is 0 Å². The Morgan fingerprint density at radius 3 is 3.00 bits per heavy atom. The van der Waals surface area contributed by atoms with Crippen molar-refractivity contribution < 1.29 is 4.79 Å². The molecule has 1 N–H and O–H groups in total. The molecule has 1 aliphatic carbocycles. The van der Waals surface area contributed by atoms with Gasteiger partial charge >= 0.3 is 0 Å². The SMILES string of the molecule is C[C@@H]1CCCC[C@H]1NC(=O)CN1CCc2sccc2[C@@H]1C. The zero-order valence-corrected chi connectivity index (χ0v) is 13.9. The van der Waals surface area contributed by atoms with Gasteiger partial charge in [-0.2, -0.15) is 0 Å². The summed E-state index contributed by atoms with van der Waals surface area (Å²) in [5.74, 6) is 0.837. The predicted octanol–water partition coefficient (Wildman–Crippen LogP) is 3.36. The Bertz CT molecular complexity index is 499. The number of thiophene rings is 1. The lowest BCUT2D eigenvalue weighted by Crippen LogP contribution is -2.47. The highest BCUT2D eigenvalue weighted by atomic mass is 32.1. The number of nitrogens with zero attached hydrogens (tertiary/aromatic N) is 1. The minimum atomic E-state index is 0.208. The minimum absolute atomic E-state index is 0.208. The van der Waals surface area contributed by atoms with Crippen LogP contribution in [0.5, 0.6) is 0 Å². The lowest BCUT2D eigenvalue weighted by Gasteiger charge is -2.34. The van der Waals surface area contributed by atoms with E-state index in [4.69, 9.17) is 0 Å². The molecule has 1 saturated carbocycles. The van der Waals surface area contributed by atoms with Gasteiger partial charge in [-0.15, -0.1) is 11.3 Å². The molecule has 0 unspecified atom stereocenters. The molecule has 1 fully saturated rings. The molecule has 0 bridgehead atoms. The van der Waals surface area contributed by atoms with Crippen molar-refractivity contribution in [2.75, 3.05) is 13.1 Å². The highest BCUT2D eigenvalue weighted by Gasteiger charge is 2.28. The lowest BCUT2D eigenvalue weighted by atomic mass is 9.86. The van der Waals surface area contributed by atoms with E-state index in [9.17, 15) is 4.79 Å². The Labute approximate surface area is 131 Å². The zero-order chi connectivity index (χ0) is 14.8. The summed E-state index contributed by atoms with van der Waals surface area (Å²) < 4.78 is 0. The van der Waals surface area contributed by atoms with Gasteiger partial charge in [0.05, 0.1) is 6.54 Å². The van der Waals surface area contributed by atoms with Crippen molar-refractivity contribution in [1.29, 1.82) is 0 Å². The second-order valence-electron chi connectivity index (χ2n) is 6.63. The van der Waals surface area contributed by atoms with Crippen LogP contribution in [-0.2, 0) is 11.2 Å². The van der Waals surface area contributed by atoms with Crippen LogP contribution >= 0.6 is 11.3 Å². The summed E-state index contributed by atoms with van der Waals surface area (Å²) in [6.45, 7) is 6.04. The molecular weight excluding hydrogens is 280 g/mol. The zero-order valence-electron chi connectivity index (χ0n) is 13.1. The second-order valence-corrected chi connectivity index (χ2v) is 7.63. The normalized spacial score (nSPS) is 29.9. The number of amides is 1. The van der Waals surface area contributed by atoms with Gasteiger partial charge < -0.3 is 5.32 Å². The van der Waals surface area contributed by atoms with Gasteiger partial charge in [0, 0.05) is 23.5 Å². The Kier molecular flexibility index (Phi) is 4.65. The first kappa shape index (κ1) is 15.0. The highest BCUT2D eigenvalue weighted by molar-refractivity contribution is 7.10. The van der Waals surface area contributed by atoms with Crippen LogP contribution < -0.4 is 5.32 Å². The number of fused-ring (bicyclic) bond motifs is 1. The van der Waals surface area contributed by atoms with Crippen LogP contribution in [0.3, 0.4) is 0 Å². The molecule has 2 heterocycles. The minimum Gasteiger partial charge on any atom is -0.352 e. The van der Waals surface area contributed by atoms with E-state index in [0.717, 1.165) is 19.4 Å². The van der Waals surface area contributed by atoms with Crippen molar-refractivity contribution in [3.63, 3.8) is 0 Å². The van der Waals surface area contributed by atoms with Gasteiger partial charge in [-0.3, -0.25) is 9.69 Å². The number of hydrogen-bond acceptors (Lipinski definition) is 3. The fourth-order valence-corrected chi connectivity index (χ4v) is 4.71. The maximum Gasteiger partial charge on any atom is 0.234 e. The van der Waals surface area contributed by atoms with Crippen molar-refractivity contribution in [1.82, 2.24) is 10.2 Å². The largest absolute Gasteiger partial charge is 0.352 e. The number of carbonyl (C=O) groups is 1. The maximum atomic E-state index is 12.4. The lowest BCUT2D eigenvalue weighted by molar-refractivity contribution is -0.124. The molecule has 1 aromatic rings. The molecule has 0 radical (unpaired) electrons. The maximum absolute atomic E-state index is 12.4. The molecule has 1 amide bonds. The van der Waals surface area contributed by atoms with Gasteiger partial charge in [0.2, 0.25) is 5.91 Å². The van der Waals surface area contributed by atoms with E-state index in [-0.39, 0.29) is 5.91 Å². The van der Waals surface area contributed by atoms with Crippen molar-refractivity contribution in [2.45, 2.75) is 58.0 Å². The van der Waals surface area contributed by atoms with Crippen LogP contribution in [-0.4, -0.2) is 29.9 Å². The van der Waals surface area contributed by atoms with E-state index in [2.05, 4.69) is 35.5 Å². The molecule has 0 spiro atoms. The topological polar surface area (TPSA) is 32.3 Å². The Hall–Kier alpha value is -0.870. The number of carbonyl (C=O) groups excluding carboxylic acids is 1. The summed E-state index contributed by atoms with van der Waals surface area (Å²) >= 11 is 1.85. The molecule has 3 rings (SSSR count). The molecule has 0 saturated heterocycles. The van der Waals surface area contributed by atoms with E-state index in [0.29, 0.717) is 24.5 Å². The summed E-state index contributed by atoms with van der Waals surface area (Å²) in [6, 6.07) is 2.98. The van der Waals surface area contributed by atoms with E-state index in [1.54, 1.807) is 0 Å². The second kappa shape index (κ2) is 6.49. The summed E-state index contributed by atoms with van der Waals surface area (Å²) in [4.78, 5) is 16.2. The van der Waals surface area contributed by atoms with Gasteiger partial charge in [-0.1, -0.05) is 19.8 Å². The van der Waals surface area contributed by atoms with E-state index >= 15 is 0 Å². The van der Waals surface area contributed by atoms with Crippen LogP contribution in [0, 0.1) is 5.92 Å². The molecule has 0 aromatic carbocycles. The smallest absolute Gasteiger partial charge is 0.234 e. The van der Waals surface area contributed by atoms with Crippen LogP contribution in [0.2, 0.25) is 0 Å². The van der Waals surface area contributed by atoms with Crippen LogP contribution in [0.1, 0.15) is 56.0 Å². The molecule has 4 heteroatoms. The molecule has 21 heavy (non-hydrogen) atoms. The average Bonchev–Trinajstić information content (AvgIpc) is 2.94. The van der Waals surface area contributed by atoms with E-state index in [1.807, 2.05) is 11.3 Å². The van der Waals surface area contributed by atoms with E-state index in [1.165, 1.54) is 29.7 Å². The van der Waals surface area contributed by atoms with Crippen LogP contribution in [0.15, 0.2) is 11.4 Å². The quantitative estimate of drug-likeness (QED) is 0.928. The van der Waals surface area contributed by atoms with Crippen LogP contribution in [0.25, 0.3) is 0 Å². The van der Waals surface area contributed by atoms with Gasteiger partial charge in [0.15, 0.2) is 0 Å². The number of hydrogen-bond donors (Lipinski definition) is 1. The Morgan fingerprint density at radius 1 is 1.38 bits per heavy atom. The predicted molar refractivity (Wildman–Crippen MR) is 87.6 cm³/mol. The summed E-state index contributed by atoms with van der Waals surface area (Å²) in [5.41, 5.74) is 1.42. The number of nitrogens with one attached hydrogen (secondary N) is 1. The molecule has 2 aliphatic rings. The van der Waals surface area contributed by atoms with Gasteiger partial charge in [-0.25, -0.2) is 0 Å². The first-order chi connectivity index (χ1) is 10.1. The molecule has 116 valence electrons. The fourth-order valence-electron chi connectivity index (χ4n) is 3.75. The standard InChI is InChI=1S/C17H26N2OS/c1-12-5-3-4-6-15(12)18-17(20)11-19-9-7-16-14(13(19)2)8-10-21-16/h8,10,12-13,15H,3-7,9,11H2,1-2H3,(H,18,20)/t12-,13+,15-/m1/s1. The monoisotopic (exact) mass is 306 g/mol. The van der Waals surface area contributed by atoms with Gasteiger partial charge in [0.25, 0.3) is 0 Å². The first-order valence-corrected chi connectivity index (χ1v) is 9.13. The van der Waals surface area contributed by atoms with Gasteiger partial charge in [0.1, 0.15) is 0 Å².